The number of hydrogen-bond acceptors (Lipinski definition) is 5. The summed E-state index contributed by atoms with van der Waals surface area (Å²) in [5, 5.41) is 28.6. The van der Waals surface area contributed by atoms with Gasteiger partial charge in [-0.3, -0.25) is 14.9 Å². The molecule has 1 aromatic rings. The average molecular weight is 238 g/mol. The molecule has 0 unspecified atom stereocenters. The van der Waals surface area contributed by atoms with E-state index >= 15 is 0 Å². The van der Waals surface area contributed by atoms with Crippen molar-refractivity contribution < 1.29 is 19.8 Å². The number of benzene rings is 1. The second-order valence-corrected chi connectivity index (χ2v) is 3.60. The van der Waals surface area contributed by atoms with Crippen molar-refractivity contribution in [1.82, 2.24) is 4.90 Å². The van der Waals surface area contributed by atoms with Gasteiger partial charge in [0.25, 0.3) is 11.6 Å². The van der Waals surface area contributed by atoms with Crippen LogP contribution in [0.5, 0.6) is 0 Å². The first-order valence-electron chi connectivity index (χ1n) is 4.70. The van der Waals surface area contributed by atoms with Crippen LogP contribution in [0.1, 0.15) is 10.4 Å². The maximum absolute atomic E-state index is 11.6. The fourth-order valence-electron chi connectivity index (χ4n) is 1.31. The lowest BCUT2D eigenvalue weighted by atomic mass is 9.78. The molecule has 0 saturated heterocycles. The molecular weight excluding hydrogens is 227 g/mol. The molecule has 1 amide bonds. The number of nitrogens with zero attached hydrogens (tertiary/aromatic N) is 2. The van der Waals surface area contributed by atoms with Crippen LogP contribution in [0.3, 0.4) is 0 Å². The van der Waals surface area contributed by atoms with Crippen molar-refractivity contribution in [2.24, 2.45) is 0 Å². The van der Waals surface area contributed by atoms with Gasteiger partial charge in [0, 0.05) is 25.7 Å². The molecule has 0 aliphatic carbocycles. The standard InChI is InChI=1S/C9H11BN2O5/c1-11(2)9(13)6-3-4-7(10(14)15)8(5-6)12(16)17/h3-5,14-15H,1-2H3. The summed E-state index contributed by atoms with van der Waals surface area (Å²) in [5.41, 5.74) is -0.621. The van der Waals surface area contributed by atoms with Gasteiger partial charge >= 0.3 is 7.12 Å². The van der Waals surface area contributed by atoms with E-state index in [0.717, 1.165) is 12.1 Å². The molecule has 17 heavy (non-hydrogen) atoms. The molecule has 0 atom stereocenters. The highest BCUT2D eigenvalue weighted by atomic mass is 16.6. The predicted octanol–water partition coefficient (Wildman–Crippen LogP) is -1.02. The maximum atomic E-state index is 11.6. The van der Waals surface area contributed by atoms with Crippen molar-refractivity contribution in [3.63, 3.8) is 0 Å². The maximum Gasteiger partial charge on any atom is 0.495 e. The molecule has 1 aromatic carbocycles. The van der Waals surface area contributed by atoms with Crippen LogP contribution in [0.25, 0.3) is 0 Å². The molecule has 7 nitrogen and oxygen atoms in total. The van der Waals surface area contributed by atoms with Crippen LogP contribution in [0.4, 0.5) is 5.69 Å². The SMILES string of the molecule is CN(C)C(=O)c1ccc(B(O)O)c([N+](=O)[O-])c1. The zero-order chi connectivity index (χ0) is 13.2. The van der Waals surface area contributed by atoms with Crippen LogP contribution < -0.4 is 5.46 Å². The summed E-state index contributed by atoms with van der Waals surface area (Å²) < 4.78 is 0. The Morgan fingerprint density at radius 3 is 2.41 bits per heavy atom. The van der Waals surface area contributed by atoms with E-state index in [9.17, 15) is 14.9 Å². The first kappa shape index (κ1) is 13.1. The van der Waals surface area contributed by atoms with E-state index in [4.69, 9.17) is 10.0 Å². The van der Waals surface area contributed by atoms with Gasteiger partial charge in [0.1, 0.15) is 0 Å². The van der Waals surface area contributed by atoms with Crippen LogP contribution in [-0.2, 0) is 0 Å². The molecule has 0 radical (unpaired) electrons. The van der Waals surface area contributed by atoms with E-state index in [0.29, 0.717) is 0 Å². The molecule has 1 rings (SSSR count). The third-order valence-corrected chi connectivity index (χ3v) is 2.16. The molecule has 8 heteroatoms. The van der Waals surface area contributed by atoms with E-state index in [-0.39, 0.29) is 11.0 Å². The molecule has 2 N–H and O–H groups in total. The highest BCUT2D eigenvalue weighted by Gasteiger charge is 2.25. The van der Waals surface area contributed by atoms with Gasteiger partial charge in [-0.15, -0.1) is 0 Å². The van der Waals surface area contributed by atoms with Crippen molar-refractivity contribution in [3.8, 4) is 0 Å². The Hall–Kier alpha value is -1.93. The summed E-state index contributed by atoms with van der Waals surface area (Å²) in [4.78, 5) is 22.8. The summed E-state index contributed by atoms with van der Waals surface area (Å²) in [6.07, 6.45) is 0. The molecule has 0 heterocycles. The van der Waals surface area contributed by atoms with Crippen molar-refractivity contribution in [2.45, 2.75) is 0 Å². The van der Waals surface area contributed by atoms with Crippen LogP contribution >= 0.6 is 0 Å². The van der Waals surface area contributed by atoms with Gasteiger partial charge in [-0.1, -0.05) is 6.07 Å². The Bertz CT molecular complexity index is 461. The minimum atomic E-state index is -1.95. The smallest absolute Gasteiger partial charge is 0.423 e. The summed E-state index contributed by atoms with van der Waals surface area (Å²) in [6, 6.07) is 3.49. The molecule has 0 bridgehead atoms. The van der Waals surface area contributed by atoms with E-state index < -0.39 is 23.6 Å². The van der Waals surface area contributed by atoms with Gasteiger partial charge in [-0.05, 0) is 6.07 Å². The summed E-state index contributed by atoms with van der Waals surface area (Å²) in [5.74, 6) is -0.396. The number of nitro groups is 1. The molecule has 0 saturated carbocycles. The number of carbonyl (C=O) groups excluding carboxylic acids is 1. The molecule has 0 spiro atoms. The topological polar surface area (TPSA) is 104 Å². The molecule has 0 aliphatic rings. The largest absolute Gasteiger partial charge is 0.495 e. The van der Waals surface area contributed by atoms with Gasteiger partial charge in [0.2, 0.25) is 0 Å². The Morgan fingerprint density at radius 2 is 2.00 bits per heavy atom. The third-order valence-electron chi connectivity index (χ3n) is 2.16. The van der Waals surface area contributed by atoms with Crippen molar-refractivity contribution >= 4 is 24.2 Å². The number of nitro benzene ring substituents is 1. The van der Waals surface area contributed by atoms with Crippen LogP contribution in [0, 0.1) is 10.1 Å². The second-order valence-electron chi connectivity index (χ2n) is 3.60. The zero-order valence-electron chi connectivity index (χ0n) is 9.32. The van der Waals surface area contributed by atoms with Crippen LogP contribution in [-0.4, -0.2) is 47.0 Å². The molecule has 90 valence electrons. The quantitative estimate of drug-likeness (QED) is 0.398. The second kappa shape index (κ2) is 4.94. The summed E-state index contributed by atoms with van der Waals surface area (Å²) in [7, 11) is 1.09. The Labute approximate surface area is 97.6 Å². The fourth-order valence-corrected chi connectivity index (χ4v) is 1.31. The normalized spacial score (nSPS) is 9.88. The molecule has 0 aromatic heterocycles. The zero-order valence-corrected chi connectivity index (χ0v) is 9.32. The Morgan fingerprint density at radius 1 is 1.41 bits per heavy atom. The lowest BCUT2D eigenvalue weighted by Crippen LogP contribution is -2.32. The first-order valence-corrected chi connectivity index (χ1v) is 4.70. The average Bonchev–Trinajstić information content (AvgIpc) is 2.26. The number of hydrogen-bond donors (Lipinski definition) is 2. The van der Waals surface area contributed by atoms with E-state index in [2.05, 4.69) is 0 Å². The van der Waals surface area contributed by atoms with Crippen molar-refractivity contribution in [1.29, 1.82) is 0 Å². The first-order chi connectivity index (χ1) is 7.84. The van der Waals surface area contributed by atoms with Gasteiger partial charge in [-0.25, -0.2) is 0 Å². The number of amides is 1. The van der Waals surface area contributed by atoms with Crippen LogP contribution in [0.2, 0.25) is 0 Å². The van der Waals surface area contributed by atoms with Crippen molar-refractivity contribution in [3.05, 3.63) is 33.9 Å². The monoisotopic (exact) mass is 238 g/mol. The van der Waals surface area contributed by atoms with Gasteiger partial charge in [0.05, 0.1) is 10.4 Å². The van der Waals surface area contributed by atoms with E-state index in [1.54, 1.807) is 0 Å². The fraction of sp³-hybridized carbons (Fsp3) is 0.222. The third kappa shape index (κ3) is 2.80. The predicted molar refractivity (Wildman–Crippen MR) is 60.9 cm³/mol. The lowest BCUT2D eigenvalue weighted by molar-refractivity contribution is -0.383. The van der Waals surface area contributed by atoms with E-state index in [1.165, 1.54) is 25.1 Å². The summed E-state index contributed by atoms with van der Waals surface area (Å²) in [6.45, 7) is 0. The molecule has 0 fully saturated rings. The Balaban J connectivity index is 3.28. The molecular formula is C9H11BN2O5. The van der Waals surface area contributed by atoms with Gasteiger partial charge in [0.15, 0.2) is 0 Å². The summed E-state index contributed by atoms with van der Waals surface area (Å²) >= 11 is 0. The Kier molecular flexibility index (Phi) is 3.82. The highest BCUT2D eigenvalue weighted by Crippen LogP contribution is 2.12. The van der Waals surface area contributed by atoms with E-state index in [1.807, 2.05) is 0 Å². The van der Waals surface area contributed by atoms with Crippen molar-refractivity contribution in [2.75, 3.05) is 14.1 Å². The lowest BCUT2D eigenvalue weighted by Gasteiger charge is -2.10. The van der Waals surface area contributed by atoms with Gasteiger partial charge < -0.3 is 14.9 Å². The number of rotatable bonds is 3. The minimum Gasteiger partial charge on any atom is -0.423 e. The van der Waals surface area contributed by atoms with Gasteiger partial charge in [-0.2, -0.15) is 0 Å². The van der Waals surface area contributed by atoms with Crippen LogP contribution in [0.15, 0.2) is 18.2 Å². The number of carbonyl (C=O) groups is 1. The minimum absolute atomic E-state index is 0.117. The highest BCUT2D eigenvalue weighted by molar-refractivity contribution is 6.60. The molecule has 0 aliphatic heterocycles.